The molecule has 0 spiro atoms. The molecule has 1 atom stereocenters. The first-order valence-corrected chi connectivity index (χ1v) is 7.45. The molecule has 1 unspecified atom stereocenters. The van der Waals surface area contributed by atoms with Gasteiger partial charge in [0.05, 0.1) is 6.26 Å². The number of ether oxygens (including phenoxy) is 1. The van der Waals surface area contributed by atoms with Crippen LogP contribution in [0.1, 0.15) is 12.8 Å². The smallest absolute Gasteiger partial charge is 0.469 e. The summed E-state index contributed by atoms with van der Waals surface area (Å²) in [6.45, 7) is 0. The SMILES string of the molecule is CO[Si](CCCC1=CC=COC1O)(OC)OC. The molecule has 1 rings (SSSR count). The molecule has 1 heterocycles. The first-order valence-electron chi connectivity index (χ1n) is 5.52. The Labute approximate surface area is 103 Å². The van der Waals surface area contributed by atoms with E-state index in [9.17, 15) is 5.11 Å². The Morgan fingerprint density at radius 1 is 1.29 bits per heavy atom. The Bertz CT molecular complexity index is 277. The number of rotatable bonds is 7. The van der Waals surface area contributed by atoms with E-state index in [0.29, 0.717) is 6.04 Å². The van der Waals surface area contributed by atoms with Crippen molar-refractivity contribution in [3.8, 4) is 0 Å². The molecule has 1 N–H and O–H groups in total. The van der Waals surface area contributed by atoms with Gasteiger partial charge in [0, 0.05) is 27.4 Å². The van der Waals surface area contributed by atoms with E-state index in [1.165, 1.54) is 6.26 Å². The molecule has 0 saturated carbocycles. The molecular weight excluding hydrogens is 240 g/mol. The van der Waals surface area contributed by atoms with Crippen LogP contribution in [0.4, 0.5) is 0 Å². The van der Waals surface area contributed by atoms with E-state index in [1.807, 2.05) is 6.08 Å². The quantitative estimate of drug-likeness (QED) is 0.702. The first-order chi connectivity index (χ1) is 8.17. The molecule has 0 saturated heterocycles. The zero-order valence-corrected chi connectivity index (χ0v) is 11.5. The molecule has 0 bridgehead atoms. The summed E-state index contributed by atoms with van der Waals surface area (Å²) in [5.41, 5.74) is 0.860. The van der Waals surface area contributed by atoms with Crippen LogP contribution < -0.4 is 0 Å². The van der Waals surface area contributed by atoms with E-state index in [4.69, 9.17) is 18.0 Å². The van der Waals surface area contributed by atoms with Crippen LogP contribution in [-0.4, -0.2) is 41.5 Å². The Balaban J connectivity index is 2.41. The molecule has 6 heteroatoms. The maximum absolute atomic E-state index is 9.55. The van der Waals surface area contributed by atoms with Crippen LogP contribution in [-0.2, 0) is 18.0 Å². The molecule has 0 aromatic rings. The monoisotopic (exact) mass is 260 g/mol. The molecule has 0 fully saturated rings. The second-order valence-electron chi connectivity index (χ2n) is 3.71. The van der Waals surface area contributed by atoms with Crippen molar-refractivity contribution >= 4 is 8.80 Å². The van der Waals surface area contributed by atoms with E-state index < -0.39 is 15.1 Å². The van der Waals surface area contributed by atoms with E-state index in [-0.39, 0.29) is 0 Å². The lowest BCUT2D eigenvalue weighted by molar-refractivity contribution is -0.0255. The van der Waals surface area contributed by atoms with Gasteiger partial charge in [0.1, 0.15) is 0 Å². The molecule has 0 aliphatic carbocycles. The van der Waals surface area contributed by atoms with Crippen LogP contribution in [0, 0.1) is 0 Å². The topological polar surface area (TPSA) is 57.2 Å². The Morgan fingerprint density at radius 3 is 2.47 bits per heavy atom. The van der Waals surface area contributed by atoms with Crippen molar-refractivity contribution in [2.24, 2.45) is 0 Å². The van der Waals surface area contributed by atoms with Crippen LogP contribution in [0.15, 0.2) is 24.0 Å². The Hall–Kier alpha value is -0.663. The average molecular weight is 260 g/mol. The van der Waals surface area contributed by atoms with Crippen molar-refractivity contribution in [1.29, 1.82) is 0 Å². The van der Waals surface area contributed by atoms with Gasteiger partial charge < -0.3 is 23.1 Å². The van der Waals surface area contributed by atoms with Gasteiger partial charge in [-0.1, -0.05) is 6.08 Å². The largest absolute Gasteiger partial charge is 0.500 e. The van der Waals surface area contributed by atoms with Gasteiger partial charge in [0.25, 0.3) is 0 Å². The third kappa shape index (κ3) is 3.93. The highest BCUT2D eigenvalue weighted by molar-refractivity contribution is 6.60. The molecular formula is C11H20O5Si. The van der Waals surface area contributed by atoms with Gasteiger partial charge in [-0.2, -0.15) is 0 Å². The predicted molar refractivity (Wildman–Crippen MR) is 65.1 cm³/mol. The second-order valence-corrected chi connectivity index (χ2v) is 6.80. The lowest BCUT2D eigenvalue weighted by atomic mass is 10.1. The lowest BCUT2D eigenvalue weighted by Crippen LogP contribution is -2.42. The van der Waals surface area contributed by atoms with Crippen molar-refractivity contribution in [2.75, 3.05) is 21.3 Å². The van der Waals surface area contributed by atoms with Crippen LogP contribution in [0.25, 0.3) is 0 Å². The van der Waals surface area contributed by atoms with E-state index in [2.05, 4.69) is 0 Å². The summed E-state index contributed by atoms with van der Waals surface area (Å²) in [6.07, 6.45) is 5.84. The van der Waals surface area contributed by atoms with Gasteiger partial charge in [-0.15, -0.1) is 0 Å². The minimum Gasteiger partial charge on any atom is -0.469 e. The van der Waals surface area contributed by atoms with Gasteiger partial charge >= 0.3 is 8.80 Å². The summed E-state index contributed by atoms with van der Waals surface area (Å²) in [5.74, 6) is 0. The standard InChI is InChI=1S/C11H20O5Si/c1-13-17(14-2,15-3)9-5-7-10-6-4-8-16-11(10)12/h4,6,8,11-12H,5,7,9H2,1-3H3. The summed E-state index contributed by atoms with van der Waals surface area (Å²) >= 11 is 0. The van der Waals surface area contributed by atoms with Crippen LogP contribution in [0.3, 0.4) is 0 Å². The lowest BCUT2D eigenvalue weighted by Gasteiger charge is -2.25. The third-order valence-corrected chi connectivity index (χ3v) is 5.63. The number of allylic oxidation sites excluding steroid dienone is 2. The second kappa shape index (κ2) is 6.92. The van der Waals surface area contributed by atoms with Crippen molar-refractivity contribution in [3.63, 3.8) is 0 Å². The molecule has 0 amide bonds. The van der Waals surface area contributed by atoms with Gasteiger partial charge in [-0.25, -0.2) is 0 Å². The fraction of sp³-hybridized carbons (Fsp3) is 0.636. The molecule has 1 aliphatic rings. The number of hydrogen-bond donors (Lipinski definition) is 1. The van der Waals surface area contributed by atoms with E-state index >= 15 is 0 Å². The average Bonchev–Trinajstić information content (AvgIpc) is 2.37. The zero-order valence-electron chi connectivity index (χ0n) is 10.5. The number of aliphatic hydroxyl groups is 1. The highest BCUT2D eigenvalue weighted by atomic mass is 28.4. The third-order valence-electron chi connectivity index (χ3n) is 2.79. The van der Waals surface area contributed by atoms with Gasteiger partial charge in [0.2, 0.25) is 6.29 Å². The summed E-state index contributed by atoms with van der Waals surface area (Å²) in [7, 11) is 2.30. The van der Waals surface area contributed by atoms with Crippen LogP contribution in [0.5, 0.6) is 0 Å². The van der Waals surface area contributed by atoms with Crippen molar-refractivity contribution in [3.05, 3.63) is 24.0 Å². The molecule has 0 radical (unpaired) electrons. The summed E-state index contributed by atoms with van der Waals surface area (Å²) in [6, 6.07) is 0.713. The maximum Gasteiger partial charge on any atom is 0.500 e. The van der Waals surface area contributed by atoms with Crippen LogP contribution in [0.2, 0.25) is 6.04 Å². The Kier molecular flexibility index (Phi) is 5.86. The molecule has 0 aromatic heterocycles. The molecule has 17 heavy (non-hydrogen) atoms. The minimum absolute atomic E-state index is 0.713. The van der Waals surface area contributed by atoms with Crippen molar-refractivity contribution in [2.45, 2.75) is 25.2 Å². The zero-order chi connectivity index (χ0) is 12.7. The molecule has 98 valence electrons. The van der Waals surface area contributed by atoms with E-state index in [1.54, 1.807) is 27.4 Å². The highest BCUT2D eigenvalue weighted by Gasteiger charge is 2.37. The predicted octanol–water partition coefficient (Wildman–Crippen LogP) is 1.43. The highest BCUT2D eigenvalue weighted by Crippen LogP contribution is 2.22. The molecule has 1 aliphatic heterocycles. The van der Waals surface area contributed by atoms with Gasteiger partial charge in [0.15, 0.2) is 0 Å². The minimum atomic E-state index is -2.49. The van der Waals surface area contributed by atoms with Gasteiger partial charge in [-0.3, -0.25) is 0 Å². The number of aliphatic hydroxyl groups excluding tert-OH is 1. The molecule has 0 aromatic carbocycles. The fourth-order valence-corrected chi connectivity index (χ4v) is 3.45. The Morgan fingerprint density at radius 2 is 1.94 bits per heavy atom. The maximum atomic E-state index is 9.55. The van der Waals surface area contributed by atoms with Crippen LogP contribution >= 0.6 is 0 Å². The summed E-state index contributed by atoms with van der Waals surface area (Å²) < 4.78 is 20.9. The van der Waals surface area contributed by atoms with E-state index in [0.717, 1.165) is 18.4 Å². The normalized spacial score (nSPS) is 20.0. The van der Waals surface area contributed by atoms with Gasteiger partial charge in [-0.05, 0) is 24.5 Å². The summed E-state index contributed by atoms with van der Waals surface area (Å²) in [5, 5.41) is 9.55. The first kappa shape index (κ1) is 14.4. The van der Waals surface area contributed by atoms with Crippen molar-refractivity contribution < 1.29 is 23.1 Å². The summed E-state index contributed by atoms with van der Waals surface area (Å²) in [4.78, 5) is 0. The van der Waals surface area contributed by atoms with Crippen molar-refractivity contribution in [1.82, 2.24) is 0 Å². The number of hydrogen-bond acceptors (Lipinski definition) is 5. The fourth-order valence-electron chi connectivity index (χ4n) is 1.72. The molecule has 5 nitrogen and oxygen atoms in total.